The topological polar surface area (TPSA) is 38.3 Å². The van der Waals surface area contributed by atoms with Gasteiger partial charge in [-0.3, -0.25) is 4.79 Å². The summed E-state index contributed by atoms with van der Waals surface area (Å²) in [5.74, 6) is 2.75. The largest absolute Gasteiger partial charge is 0.494 e. The lowest BCUT2D eigenvalue weighted by molar-refractivity contribution is -0.121. The molecule has 0 atom stereocenters. The van der Waals surface area contributed by atoms with Gasteiger partial charge in [0.1, 0.15) is 5.75 Å². The number of amides is 1. The second-order valence-corrected chi connectivity index (χ2v) is 6.84. The van der Waals surface area contributed by atoms with Gasteiger partial charge in [0.2, 0.25) is 5.91 Å². The van der Waals surface area contributed by atoms with Gasteiger partial charge in [-0.1, -0.05) is 41.9 Å². The normalized spacial score (nSPS) is 10.4. The molecule has 0 unspecified atom stereocenters. The smallest absolute Gasteiger partial charge is 0.220 e. The van der Waals surface area contributed by atoms with Crippen molar-refractivity contribution in [2.45, 2.75) is 18.6 Å². The maximum absolute atomic E-state index is 11.7. The summed E-state index contributed by atoms with van der Waals surface area (Å²) in [6.07, 6.45) is 1.18. The van der Waals surface area contributed by atoms with Crippen molar-refractivity contribution in [3.8, 4) is 5.75 Å². The average molecular weight is 364 g/mol. The fraction of sp³-hybridized carbons (Fsp3) is 0.316. The van der Waals surface area contributed by atoms with Gasteiger partial charge in [-0.2, -0.15) is 11.8 Å². The van der Waals surface area contributed by atoms with Crippen LogP contribution >= 0.6 is 23.4 Å². The van der Waals surface area contributed by atoms with Gasteiger partial charge in [-0.05, 0) is 36.2 Å². The number of carbonyl (C=O) groups is 1. The van der Waals surface area contributed by atoms with Gasteiger partial charge >= 0.3 is 0 Å². The van der Waals surface area contributed by atoms with Crippen molar-refractivity contribution in [1.29, 1.82) is 0 Å². The Morgan fingerprint density at radius 1 is 1.08 bits per heavy atom. The van der Waals surface area contributed by atoms with Crippen LogP contribution in [0, 0.1) is 0 Å². The van der Waals surface area contributed by atoms with E-state index in [1.54, 1.807) is 12.1 Å². The van der Waals surface area contributed by atoms with Crippen LogP contribution in [0.15, 0.2) is 54.6 Å². The van der Waals surface area contributed by atoms with Gasteiger partial charge in [0, 0.05) is 29.5 Å². The fourth-order valence-corrected chi connectivity index (χ4v) is 3.01. The summed E-state index contributed by atoms with van der Waals surface area (Å²) in [4.78, 5) is 11.7. The quantitative estimate of drug-likeness (QED) is 0.629. The predicted molar refractivity (Wildman–Crippen MR) is 102 cm³/mol. The molecular weight excluding hydrogens is 342 g/mol. The molecule has 1 amide bonds. The molecule has 5 heteroatoms. The Morgan fingerprint density at radius 3 is 2.58 bits per heavy atom. The van der Waals surface area contributed by atoms with E-state index in [9.17, 15) is 4.79 Å². The summed E-state index contributed by atoms with van der Waals surface area (Å²) in [6, 6.07) is 17.6. The maximum atomic E-state index is 11.7. The third-order valence-corrected chi connectivity index (χ3v) is 4.59. The van der Waals surface area contributed by atoms with Gasteiger partial charge in [-0.25, -0.2) is 0 Å². The lowest BCUT2D eigenvalue weighted by Crippen LogP contribution is -2.25. The Morgan fingerprint density at radius 2 is 1.83 bits per heavy atom. The highest BCUT2D eigenvalue weighted by atomic mass is 35.5. The summed E-state index contributed by atoms with van der Waals surface area (Å²) < 4.78 is 5.56. The van der Waals surface area contributed by atoms with Crippen LogP contribution in [0.25, 0.3) is 0 Å². The van der Waals surface area contributed by atoms with Crippen LogP contribution in [-0.2, 0) is 10.5 Å². The van der Waals surface area contributed by atoms with E-state index in [1.807, 2.05) is 42.1 Å². The van der Waals surface area contributed by atoms with Crippen LogP contribution < -0.4 is 10.1 Å². The summed E-state index contributed by atoms with van der Waals surface area (Å²) in [7, 11) is 0. The molecule has 24 heavy (non-hydrogen) atoms. The number of hydrogen-bond acceptors (Lipinski definition) is 3. The molecule has 2 aromatic rings. The van der Waals surface area contributed by atoms with Crippen molar-refractivity contribution < 1.29 is 9.53 Å². The van der Waals surface area contributed by atoms with Crippen LogP contribution in [0.2, 0.25) is 5.02 Å². The van der Waals surface area contributed by atoms with E-state index >= 15 is 0 Å². The molecule has 0 aromatic heterocycles. The van der Waals surface area contributed by atoms with E-state index in [0.29, 0.717) is 31.0 Å². The molecule has 0 aliphatic rings. The SMILES string of the molecule is O=C(CCCOc1ccc(Cl)cc1)NCCSCc1ccccc1. The highest BCUT2D eigenvalue weighted by Gasteiger charge is 2.01. The number of thioether (sulfide) groups is 1. The van der Waals surface area contributed by atoms with Gasteiger partial charge in [0.25, 0.3) is 0 Å². The van der Waals surface area contributed by atoms with E-state index in [-0.39, 0.29) is 5.91 Å². The molecule has 0 aliphatic heterocycles. The zero-order valence-corrected chi connectivity index (χ0v) is 15.1. The van der Waals surface area contributed by atoms with Crippen molar-refractivity contribution in [3.63, 3.8) is 0 Å². The number of benzene rings is 2. The van der Waals surface area contributed by atoms with Crippen LogP contribution in [0.5, 0.6) is 5.75 Å². The Bertz CT molecular complexity index is 605. The second kappa shape index (κ2) is 11.0. The summed E-state index contributed by atoms with van der Waals surface area (Å²) in [6.45, 7) is 1.23. The van der Waals surface area contributed by atoms with E-state index in [1.165, 1.54) is 5.56 Å². The van der Waals surface area contributed by atoms with Crippen LogP contribution in [0.1, 0.15) is 18.4 Å². The van der Waals surface area contributed by atoms with Gasteiger partial charge in [-0.15, -0.1) is 0 Å². The summed E-state index contributed by atoms with van der Waals surface area (Å²) >= 11 is 7.63. The second-order valence-electron chi connectivity index (χ2n) is 5.29. The van der Waals surface area contributed by atoms with Crippen molar-refractivity contribution in [2.24, 2.45) is 0 Å². The number of ether oxygens (including phenoxy) is 1. The van der Waals surface area contributed by atoms with Gasteiger partial charge in [0.05, 0.1) is 6.61 Å². The van der Waals surface area contributed by atoms with Crippen LogP contribution in [-0.4, -0.2) is 24.8 Å². The number of halogens is 1. The highest BCUT2D eigenvalue weighted by Crippen LogP contribution is 2.15. The number of nitrogens with one attached hydrogen (secondary N) is 1. The third kappa shape index (κ3) is 7.75. The predicted octanol–water partition coefficient (Wildman–Crippen LogP) is 4.55. The minimum Gasteiger partial charge on any atom is -0.494 e. The van der Waals surface area contributed by atoms with E-state index in [0.717, 1.165) is 17.3 Å². The lowest BCUT2D eigenvalue weighted by Gasteiger charge is -2.07. The van der Waals surface area contributed by atoms with Crippen molar-refractivity contribution in [1.82, 2.24) is 5.32 Å². The maximum Gasteiger partial charge on any atom is 0.220 e. The number of rotatable bonds is 10. The average Bonchev–Trinajstić information content (AvgIpc) is 2.61. The summed E-state index contributed by atoms with van der Waals surface area (Å²) in [5.41, 5.74) is 1.31. The molecule has 0 radical (unpaired) electrons. The van der Waals surface area contributed by atoms with Crippen molar-refractivity contribution in [2.75, 3.05) is 18.9 Å². The molecule has 3 nitrogen and oxygen atoms in total. The molecule has 2 rings (SSSR count). The lowest BCUT2D eigenvalue weighted by atomic mass is 10.2. The Balaban J connectivity index is 1.47. The first kappa shape index (κ1) is 18.7. The third-order valence-electron chi connectivity index (χ3n) is 3.31. The van der Waals surface area contributed by atoms with Crippen LogP contribution in [0.3, 0.4) is 0 Å². The standard InChI is InChI=1S/C19H22ClNO2S/c20-17-8-10-18(11-9-17)23-13-4-7-19(22)21-12-14-24-15-16-5-2-1-3-6-16/h1-3,5-6,8-11H,4,7,12-15H2,(H,21,22). The molecule has 2 aromatic carbocycles. The molecule has 0 bridgehead atoms. The minimum atomic E-state index is 0.0787. The minimum absolute atomic E-state index is 0.0787. The van der Waals surface area contributed by atoms with Crippen LogP contribution in [0.4, 0.5) is 0 Å². The molecule has 0 saturated heterocycles. The Hall–Kier alpha value is -1.65. The van der Waals surface area contributed by atoms with E-state index in [2.05, 4.69) is 17.4 Å². The molecule has 0 heterocycles. The van der Waals surface area contributed by atoms with E-state index < -0.39 is 0 Å². The molecule has 0 aliphatic carbocycles. The molecule has 128 valence electrons. The van der Waals surface area contributed by atoms with Gasteiger partial charge < -0.3 is 10.1 Å². The molecule has 0 spiro atoms. The summed E-state index contributed by atoms with van der Waals surface area (Å²) in [5, 5.41) is 3.63. The number of hydrogen-bond donors (Lipinski definition) is 1. The van der Waals surface area contributed by atoms with Gasteiger partial charge in [0.15, 0.2) is 0 Å². The first-order valence-corrected chi connectivity index (χ1v) is 9.54. The molecule has 0 saturated carbocycles. The zero-order chi connectivity index (χ0) is 17.0. The van der Waals surface area contributed by atoms with Crippen molar-refractivity contribution in [3.05, 3.63) is 65.2 Å². The Labute approximate surface area is 152 Å². The molecular formula is C19H22ClNO2S. The first-order valence-electron chi connectivity index (χ1n) is 8.01. The molecule has 1 N–H and O–H groups in total. The fourth-order valence-electron chi connectivity index (χ4n) is 2.07. The highest BCUT2D eigenvalue weighted by molar-refractivity contribution is 7.98. The van der Waals surface area contributed by atoms with E-state index in [4.69, 9.17) is 16.3 Å². The zero-order valence-electron chi connectivity index (χ0n) is 13.5. The van der Waals surface area contributed by atoms with Crippen molar-refractivity contribution >= 4 is 29.3 Å². The first-order chi connectivity index (χ1) is 11.7. The Kier molecular flexibility index (Phi) is 8.56. The number of carbonyl (C=O) groups excluding carboxylic acids is 1. The molecule has 0 fully saturated rings. The monoisotopic (exact) mass is 363 g/mol.